The lowest BCUT2D eigenvalue weighted by molar-refractivity contribution is -0.122. The second-order valence-electron chi connectivity index (χ2n) is 3.67. The number of nitrogens with two attached hydrogens (primary N) is 1. The van der Waals surface area contributed by atoms with Crippen LogP contribution in [0.25, 0.3) is 0 Å². The summed E-state index contributed by atoms with van der Waals surface area (Å²) in [4.78, 5) is 35.7. The van der Waals surface area contributed by atoms with Crippen molar-refractivity contribution in [2.45, 2.75) is 0 Å². The number of amides is 2. The van der Waals surface area contributed by atoms with Gasteiger partial charge in [0.15, 0.2) is 0 Å². The van der Waals surface area contributed by atoms with Crippen LogP contribution < -0.4 is 20.9 Å². The smallest absolute Gasteiger partial charge is 0.299 e. The zero-order valence-electron chi connectivity index (χ0n) is 9.60. The van der Waals surface area contributed by atoms with E-state index in [0.29, 0.717) is 11.4 Å². The van der Waals surface area contributed by atoms with Crippen LogP contribution in [0.4, 0.5) is 5.69 Å². The van der Waals surface area contributed by atoms with Crippen molar-refractivity contribution < 1.29 is 19.1 Å². The topological polar surface area (TPSA) is 102 Å². The Hall–Kier alpha value is -2.41. The molecule has 0 atom stereocenters. The number of hydrazine groups is 1. The van der Waals surface area contributed by atoms with Crippen molar-refractivity contribution in [3.63, 3.8) is 0 Å². The maximum absolute atomic E-state index is 11.7. The van der Waals surface area contributed by atoms with E-state index in [4.69, 9.17) is 10.6 Å². The van der Waals surface area contributed by atoms with Crippen molar-refractivity contribution in [3.8, 4) is 5.75 Å². The zero-order valence-corrected chi connectivity index (χ0v) is 9.60. The van der Waals surface area contributed by atoms with Crippen molar-refractivity contribution in [1.29, 1.82) is 0 Å². The van der Waals surface area contributed by atoms with Crippen molar-refractivity contribution >= 4 is 23.3 Å². The minimum atomic E-state index is -0.748. The molecule has 2 rings (SSSR count). The van der Waals surface area contributed by atoms with Crippen LogP contribution in [0.5, 0.6) is 5.75 Å². The van der Waals surface area contributed by atoms with Crippen LogP contribution in [-0.4, -0.2) is 31.3 Å². The maximum atomic E-state index is 11.7. The van der Waals surface area contributed by atoms with Crippen LogP contribution in [0.3, 0.4) is 0 Å². The Morgan fingerprint density at radius 3 is 2.78 bits per heavy atom. The molecule has 0 radical (unpaired) electrons. The third-order valence-electron chi connectivity index (χ3n) is 2.64. The van der Waals surface area contributed by atoms with Crippen LogP contribution in [-0.2, 0) is 9.59 Å². The van der Waals surface area contributed by atoms with Crippen LogP contribution in [0, 0.1) is 0 Å². The first-order chi connectivity index (χ1) is 8.58. The van der Waals surface area contributed by atoms with Crippen molar-refractivity contribution in [2.75, 3.05) is 18.6 Å². The van der Waals surface area contributed by atoms with Gasteiger partial charge >= 0.3 is 0 Å². The van der Waals surface area contributed by atoms with Crippen molar-refractivity contribution in [2.24, 2.45) is 5.84 Å². The normalized spacial score (nSPS) is 13.6. The van der Waals surface area contributed by atoms with E-state index in [9.17, 15) is 14.4 Å². The second kappa shape index (κ2) is 4.46. The van der Waals surface area contributed by atoms with Gasteiger partial charge in [0.1, 0.15) is 12.3 Å². The van der Waals surface area contributed by atoms with Crippen LogP contribution in [0.1, 0.15) is 10.4 Å². The van der Waals surface area contributed by atoms with Gasteiger partial charge in [0.25, 0.3) is 17.6 Å². The summed E-state index contributed by atoms with van der Waals surface area (Å²) in [6, 6.07) is 4.63. The predicted octanol–water partition coefficient (Wildman–Crippen LogP) is -0.786. The number of ether oxygens (including phenoxy) is 1. The van der Waals surface area contributed by atoms with Crippen LogP contribution >= 0.6 is 0 Å². The van der Waals surface area contributed by atoms with Gasteiger partial charge in [-0.1, -0.05) is 0 Å². The predicted molar refractivity (Wildman–Crippen MR) is 62.0 cm³/mol. The average molecular weight is 249 g/mol. The van der Waals surface area contributed by atoms with Crippen LogP contribution in [0.2, 0.25) is 0 Å². The molecule has 3 N–H and O–H groups in total. The monoisotopic (exact) mass is 249 g/mol. The Balaban J connectivity index is 2.40. The van der Waals surface area contributed by atoms with Gasteiger partial charge in [0.05, 0.1) is 18.4 Å². The number of benzene rings is 1. The first kappa shape index (κ1) is 12.1. The number of ketones is 1. The lowest BCUT2D eigenvalue weighted by Crippen LogP contribution is -2.42. The highest BCUT2D eigenvalue weighted by Gasteiger charge is 2.36. The highest BCUT2D eigenvalue weighted by Crippen LogP contribution is 2.31. The minimum absolute atomic E-state index is 0.226. The Kier molecular flexibility index (Phi) is 2.99. The van der Waals surface area contributed by atoms with E-state index in [1.165, 1.54) is 13.2 Å². The molecular formula is C11H11N3O4. The number of rotatable bonds is 3. The third-order valence-corrected chi connectivity index (χ3v) is 2.64. The molecule has 18 heavy (non-hydrogen) atoms. The first-order valence-electron chi connectivity index (χ1n) is 5.12. The van der Waals surface area contributed by atoms with Gasteiger partial charge in [-0.15, -0.1) is 0 Å². The number of nitrogens with one attached hydrogen (secondary N) is 1. The van der Waals surface area contributed by atoms with Crippen molar-refractivity contribution in [3.05, 3.63) is 23.8 Å². The summed E-state index contributed by atoms with van der Waals surface area (Å²) in [5, 5.41) is 0. The summed E-state index contributed by atoms with van der Waals surface area (Å²) in [6.45, 7) is -0.291. The molecule has 1 aromatic rings. The maximum Gasteiger partial charge on any atom is 0.299 e. The number of hydrogen-bond donors (Lipinski definition) is 2. The molecule has 7 heteroatoms. The molecule has 0 saturated carbocycles. The summed E-state index contributed by atoms with van der Waals surface area (Å²) in [5.41, 5.74) is 2.52. The summed E-state index contributed by atoms with van der Waals surface area (Å²) in [5.74, 6) is 3.46. The Morgan fingerprint density at radius 2 is 2.17 bits per heavy atom. The van der Waals surface area contributed by atoms with Gasteiger partial charge in [-0.3, -0.25) is 24.7 Å². The lowest BCUT2D eigenvalue weighted by Gasteiger charge is -2.15. The van der Waals surface area contributed by atoms with E-state index >= 15 is 0 Å². The molecule has 2 amide bonds. The molecule has 0 aliphatic carbocycles. The number of carbonyl (C=O) groups excluding carboxylic acids is 3. The number of methoxy groups -OCH3 is 1. The van der Waals surface area contributed by atoms with Gasteiger partial charge in [0.2, 0.25) is 0 Å². The highest BCUT2D eigenvalue weighted by atomic mass is 16.5. The molecule has 7 nitrogen and oxygen atoms in total. The van der Waals surface area contributed by atoms with E-state index in [-0.39, 0.29) is 12.1 Å². The number of hydrogen-bond acceptors (Lipinski definition) is 5. The molecule has 0 spiro atoms. The molecule has 1 aliphatic rings. The SMILES string of the molecule is COc1ccc2c(c1)C(=O)C(=O)N2CC(=O)NN. The summed E-state index contributed by atoms with van der Waals surface area (Å²) in [7, 11) is 1.46. The van der Waals surface area contributed by atoms with Gasteiger partial charge < -0.3 is 4.74 Å². The fraction of sp³-hybridized carbons (Fsp3) is 0.182. The highest BCUT2D eigenvalue weighted by molar-refractivity contribution is 6.52. The van der Waals surface area contributed by atoms with Gasteiger partial charge in [-0.05, 0) is 18.2 Å². The second-order valence-corrected chi connectivity index (χ2v) is 3.67. The Morgan fingerprint density at radius 1 is 1.44 bits per heavy atom. The van der Waals surface area contributed by atoms with E-state index in [1.807, 2.05) is 5.43 Å². The zero-order chi connectivity index (χ0) is 13.3. The molecule has 0 saturated heterocycles. The molecule has 1 heterocycles. The number of Topliss-reactive ketones (excluding diaryl/α,β-unsaturated/α-hetero) is 1. The molecule has 1 aliphatic heterocycles. The summed E-state index contributed by atoms with van der Waals surface area (Å²) >= 11 is 0. The lowest BCUT2D eigenvalue weighted by atomic mass is 10.1. The van der Waals surface area contributed by atoms with Gasteiger partial charge in [-0.2, -0.15) is 0 Å². The van der Waals surface area contributed by atoms with E-state index in [1.54, 1.807) is 12.1 Å². The molecule has 0 bridgehead atoms. The van der Waals surface area contributed by atoms with Crippen LogP contribution in [0.15, 0.2) is 18.2 Å². The Labute approximate surface area is 102 Å². The minimum Gasteiger partial charge on any atom is -0.497 e. The van der Waals surface area contributed by atoms with Gasteiger partial charge in [0, 0.05) is 0 Å². The number of fused-ring (bicyclic) bond motifs is 1. The van der Waals surface area contributed by atoms with Crippen molar-refractivity contribution in [1.82, 2.24) is 5.43 Å². The standard InChI is InChI=1S/C11H11N3O4/c1-18-6-2-3-8-7(4-6)10(16)11(17)14(8)5-9(15)13-12/h2-4H,5,12H2,1H3,(H,13,15). The van der Waals surface area contributed by atoms with Gasteiger partial charge in [-0.25, -0.2) is 5.84 Å². The summed E-state index contributed by atoms with van der Waals surface area (Å²) in [6.07, 6.45) is 0. The molecule has 0 aromatic heterocycles. The molecule has 0 unspecified atom stereocenters. The first-order valence-corrected chi connectivity index (χ1v) is 5.12. The largest absolute Gasteiger partial charge is 0.497 e. The molecule has 94 valence electrons. The van der Waals surface area contributed by atoms with E-state index < -0.39 is 17.6 Å². The van der Waals surface area contributed by atoms with E-state index in [0.717, 1.165) is 4.90 Å². The fourth-order valence-electron chi connectivity index (χ4n) is 1.75. The summed E-state index contributed by atoms with van der Waals surface area (Å²) < 4.78 is 4.98. The molecule has 0 fully saturated rings. The number of carbonyl (C=O) groups is 3. The number of nitrogens with zero attached hydrogens (tertiary/aromatic N) is 1. The molecular weight excluding hydrogens is 238 g/mol. The Bertz CT molecular complexity index is 541. The fourth-order valence-corrected chi connectivity index (χ4v) is 1.75. The molecule has 1 aromatic carbocycles. The average Bonchev–Trinajstić information content (AvgIpc) is 2.63. The quantitative estimate of drug-likeness (QED) is 0.316. The van der Waals surface area contributed by atoms with E-state index in [2.05, 4.69) is 0 Å². The number of anilines is 1. The third kappa shape index (κ3) is 1.80.